The molecule has 0 spiro atoms. The Hall–Kier alpha value is -0.170. The van der Waals surface area contributed by atoms with Gasteiger partial charge in [0.2, 0.25) is 0 Å². The highest BCUT2D eigenvalue weighted by atomic mass is 32.2. The molecule has 0 radical (unpaired) electrons. The standard InChI is InChI=1S/C13H27N3O2S/c1-3-13(7-5-8-13)15-19(17,18)16-9-4-6-12(11-16)10-14-2/h12,14-15H,3-11H2,1-2H3. The Morgan fingerprint density at radius 3 is 2.58 bits per heavy atom. The Morgan fingerprint density at radius 1 is 1.32 bits per heavy atom. The minimum atomic E-state index is -3.31. The maximum Gasteiger partial charge on any atom is 0.279 e. The second-order valence-electron chi connectivity index (χ2n) is 6.02. The number of nitrogens with one attached hydrogen (secondary N) is 2. The molecule has 0 aromatic carbocycles. The monoisotopic (exact) mass is 289 g/mol. The lowest BCUT2D eigenvalue weighted by molar-refractivity contribution is 0.200. The molecule has 1 atom stereocenters. The fraction of sp³-hybridized carbons (Fsp3) is 1.00. The molecule has 2 aliphatic rings. The van der Waals surface area contributed by atoms with Crippen LogP contribution in [0.1, 0.15) is 45.4 Å². The minimum absolute atomic E-state index is 0.158. The predicted octanol–water partition coefficient (Wildman–Crippen LogP) is 1.08. The van der Waals surface area contributed by atoms with Crippen molar-refractivity contribution in [3.8, 4) is 0 Å². The number of piperidine rings is 1. The van der Waals surface area contributed by atoms with E-state index in [1.807, 2.05) is 7.05 Å². The fourth-order valence-corrected chi connectivity index (χ4v) is 4.97. The van der Waals surface area contributed by atoms with Crippen LogP contribution < -0.4 is 10.0 Å². The van der Waals surface area contributed by atoms with Gasteiger partial charge in [-0.1, -0.05) is 6.92 Å². The third kappa shape index (κ3) is 3.48. The van der Waals surface area contributed by atoms with E-state index < -0.39 is 10.2 Å². The van der Waals surface area contributed by atoms with E-state index >= 15 is 0 Å². The van der Waals surface area contributed by atoms with Crippen LogP contribution in [0.3, 0.4) is 0 Å². The topological polar surface area (TPSA) is 61.4 Å². The first-order valence-corrected chi connectivity index (χ1v) is 8.89. The van der Waals surface area contributed by atoms with Crippen LogP contribution in [0.2, 0.25) is 0 Å². The zero-order valence-electron chi connectivity index (χ0n) is 12.1. The quantitative estimate of drug-likeness (QED) is 0.769. The minimum Gasteiger partial charge on any atom is -0.319 e. The number of hydrogen-bond acceptors (Lipinski definition) is 3. The third-order valence-corrected chi connectivity index (χ3v) is 6.35. The van der Waals surface area contributed by atoms with Crippen LogP contribution in [-0.4, -0.2) is 44.9 Å². The summed E-state index contributed by atoms with van der Waals surface area (Å²) in [4.78, 5) is 0. The van der Waals surface area contributed by atoms with E-state index in [0.717, 1.165) is 45.1 Å². The Labute approximate surface area is 117 Å². The van der Waals surface area contributed by atoms with Crippen molar-refractivity contribution < 1.29 is 8.42 Å². The van der Waals surface area contributed by atoms with Crippen molar-refractivity contribution in [1.82, 2.24) is 14.3 Å². The molecule has 6 heteroatoms. The maximum absolute atomic E-state index is 12.5. The summed E-state index contributed by atoms with van der Waals surface area (Å²) in [5.41, 5.74) is -0.158. The Balaban J connectivity index is 1.98. The van der Waals surface area contributed by atoms with Gasteiger partial charge in [0, 0.05) is 18.6 Å². The van der Waals surface area contributed by atoms with E-state index in [2.05, 4.69) is 17.0 Å². The first-order chi connectivity index (χ1) is 9.01. The first-order valence-electron chi connectivity index (χ1n) is 7.45. The molecule has 2 rings (SSSR count). The van der Waals surface area contributed by atoms with Gasteiger partial charge in [0.05, 0.1) is 0 Å². The highest BCUT2D eigenvalue weighted by Gasteiger charge is 2.41. The van der Waals surface area contributed by atoms with Crippen molar-refractivity contribution in [1.29, 1.82) is 0 Å². The Kier molecular flexibility index (Phi) is 4.87. The van der Waals surface area contributed by atoms with Gasteiger partial charge in [0.15, 0.2) is 0 Å². The van der Waals surface area contributed by atoms with E-state index in [-0.39, 0.29) is 5.54 Å². The lowest BCUT2D eigenvalue weighted by Crippen LogP contribution is -2.58. The van der Waals surface area contributed by atoms with Crippen LogP contribution >= 0.6 is 0 Å². The van der Waals surface area contributed by atoms with E-state index in [0.29, 0.717) is 19.0 Å². The molecule has 1 aliphatic heterocycles. The summed E-state index contributed by atoms with van der Waals surface area (Å²) < 4.78 is 29.6. The van der Waals surface area contributed by atoms with Crippen LogP contribution in [-0.2, 0) is 10.2 Å². The molecule has 1 aliphatic carbocycles. The lowest BCUT2D eigenvalue weighted by atomic mass is 9.76. The van der Waals surface area contributed by atoms with Gasteiger partial charge >= 0.3 is 0 Å². The van der Waals surface area contributed by atoms with Crippen LogP contribution in [0.15, 0.2) is 0 Å². The van der Waals surface area contributed by atoms with Gasteiger partial charge < -0.3 is 5.32 Å². The molecule has 112 valence electrons. The largest absolute Gasteiger partial charge is 0.319 e. The van der Waals surface area contributed by atoms with Crippen LogP contribution in [0.25, 0.3) is 0 Å². The number of nitrogens with zero attached hydrogens (tertiary/aromatic N) is 1. The van der Waals surface area contributed by atoms with E-state index in [4.69, 9.17) is 0 Å². The smallest absolute Gasteiger partial charge is 0.279 e. The van der Waals surface area contributed by atoms with Gasteiger partial charge in [-0.15, -0.1) is 0 Å². The molecule has 2 fully saturated rings. The molecule has 1 saturated heterocycles. The predicted molar refractivity (Wildman–Crippen MR) is 77.2 cm³/mol. The summed E-state index contributed by atoms with van der Waals surface area (Å²) in [5.74, 6) is 0.439. The van der Waals surface area contributed by atoms with Crippen LogP contribution in [0.5, 0.6) is 0 Å². The van der Waals surface area contributed by atoms with Crippen molar-refractivity contribution >= 4 is 10.2 Å². The van der Waals surface area contributed by atoms with Gasteiger partial charge in [-0.3, -0.25) is 0 Å². The second-order valence-corrected chi connectivity index (χ2v) is 7.69. The van der Waals surface area contributed by atoms with Gasteiger partial charge in [0.25, 0.3) is 10.2 Å². The van der Waals surface area contributed by atoms with Gasteiger partial charge in [-0.05, 0) is 58.0 Å². The maximum atomic E-state index is 12.5. The summed E-state index contributed by atoms with van der Waals surface area (Å²) in [6.45, 7) is 4.28. The lowest BCUT2D eigenvalue weighted by Gasteiger charge is -2.43. The average Bonchev–Trinajstić information content (AvgIpc) is 2.35. The van der Waals surface area contributed by atoms with Crippen molar-refractivity contribution in [2.45, 2.75) is 51.0 Å². The van der Waals surface area contributed by atoms with Crippen LogP contribution in [0, 0.1) is 5.92 Å². The van der Waals surface area contributed by atoms with Crippen molar-refractivity contribution in [3.63, 3.8) is 0 Å². The van der Waals surface area contributed by atoms with Gasteiger partial charge in [-0.25, -0.2) is 0 Å². The van der Waals surface area contributed by atoms with E-state index in [9.17, 15) is 8.42 Å². The molecular weight excluding hydrogens is 262 g/mol. The highest BCUT2D eigenvalue weighted by Crippen LogP contribution is 2.35. The molecule has 1 saturated carbocycles. The molecule has 5 nitrogen and oxygen atoms in total. The van der Waals surface area contributed by atoms with Crippen molar-refractivity contribution in [3.05, 3.63) is 0 Å². The molecule has 1 unspecified atom stereocenters. The summed E-state index contributed by atoms with van der Waals surface area (Å²) in [6.07, 6.45) is 6.07. The van der Waals surface area contributed by atoms with Crippen molar-refractivity contribution in [2.75, 3.05) is 26.7 Å². The second kappa shape index (κ2) is 6.08. The molecule has 0 aromatic heterocycles. The normalized spacial score (nSPS) is 28.0. The van der Waals surface area contributed by atoms with E-state index in [1.54, 1.807) is 4.31 Å². The SMILES string of the molecule is CCC1(NS(=O)(=O)N2CCCC(CNC)C2)CCC1. The molecule has 19 heavy (non-hydrogen) atoms. The molecule has 0 bridgehead atoms. The van der Waals surface area contributed by atoms with Crippen LogP contribution in [0.4, 0.5) is 0 Å². The summed E-state index contributed by atoms with van der Waals surface area (Å²) in [5, 5.41) is 3.15. The number of rotatable bonds is 6. The molecule has 2 N–H and O–H groups in total. The first kappa shape index (κ1) is 15.2. The van der Waals surface area contributed by atoms with Gasteiger partial charge in [0.1, 0.15) is 0 Å². The molecular formula is C13H27N3O2S. The van der Waals surface area contributed by atoms with Crippen molar-refractivity contribution in [2.24, 2.45) is 5.92 Å². The molecule has 1 heterocycles. The fourth-order valence-electron chi connectivity index (χ4n) is 3.17. The highest BCUT2D eigenvalue weighted by molar-refractivity contribution is 7.87. The third-order valence-electron chi connectivity index (χ3n) is 4.65. The summed E-state index contributed by atoms with van der Waals surface area (Å²) in [7, 11) is -1.39. The summed E-state index contributed by atoms with van der Waals surface area (Å²) >= 11 is 0. The Morgan fingerprint density at radius 2 is 2.05 bits per heavy atom. The zero-order valence-corrected chi connectivity index (χ0v) is 12.9. The van der Waals surface area contributed by atoms with Gasteiger partial charge in [-0.2, -0.15) is 17.4 Å². The average molecular weight is 289 g/mol. The Bertz CT molecular complexity index is 385. The molecule has 0 amide bonds. The summed E-state index contributed by atoms with van der Waals surface area (Å²) in [6, 6.07) is 0. The zero-order chi connectivity index (χ0) is 13.9. The van der Waals surface area contributed by atoms with E-state index in [1.165, 1.54) is 0 Å². The molecule has 0 aromatic rings. The number of hydrogen-bond donors (Lipinski definition) is 2.